The average molecular weight is 336 g/mol. The Morgan fingerprint density at radius 3 is 2.82 bits per heavy atom. The van der Waals surface area contributed by atoms with E-state index in [1.165, 1.54) is 0 Å². The molecule has 0 aliphatic rings. The van der Waals surface area contributed by atoms with Gasteiger partial charge in [-0.05, 0) is 18.6 Å². The number of hydrogen-bond donors (Lipinski definition) is 0. The van der Waals surface area contributed by atoms with E-state index in [9.17, 15) is 0 Å². The number of alkyl halides is 1. The van der Waals surface area contributed by atoms with E-state index in [0.717, 1.165) is 6.42 Å². The summed E-state index contributed by atoms with van der Waals surface area (Å²) in [5.41, 5.74) is 0.647. The molecule has 1 unspecified atom stereocenters. The van der Waals surface area contributed by atoms with Gasteiger partial charge in [0.15, 0.2) is 0 Å². The van der Waals surface area contributed by atoms with Gasteiger partial charge < -0.3 is 4.42 Å². The Morgan fingerprint density at radius 2 is 2.12 bits per heavy atom. The summed E-state index contributed by atoms with van der Waals surface area (Å²) in [4.78, 5) is 0.0571. The summed E-state index contributed by atoms with van der Waals surface area (Å²) in [5, 5.41) is 8.83. The summed E-state index contributed by atoms with van der Waals surface area (Å²) in [5.74, 6) is 0.920. The highest BCUT2D eigenvalue weighted by molar-refractivity contribution is 9.09. The van der Waals surface area contributed by atoms with Crippen LogP contribution >= 0.6 is 39.1 Å². The zero-order valence-corrected chi connectivity index (χ0v) is 12.1. The number of hydrogen-bond acceptors (Lipinski definition) is 3. The van der Waals surface area contributed by atoms with E-state index < -0.39 is 0 Å². The van der Waals surface area contributed by atoms with E-state index in [-0.39, 0.29) is 4.83 Å². The molecular weight excluding hydrogens is 327 g/mol. The number of benzene rings is 1. The lowest BCUT2D eigenvalue weighted by Crippen LogP contribution is -1.86. The fraction of sp³-hybridized carbons (Fsp3) is 0.273. The predicted molar refractivity (Wildman–Crippen MR) is 71.7 cm³/mol. The molecule has 1 aromatic heterocycles. The van der Waals surface area contributed by atoms with Crippen molar-refractivity contribution >= 4 is 39.1 Å². The first-order valence-corrected chi connectivity index (χ1v) is 6.72. The third-order valence-electron chi connectivity index (χ3n) is 2.25. The van der Waals surface area contributed by atoms with Gasteiger partial charge in [0.1, 0.15) is 0 Å². The van der Waals surface area contributed by atoms with Crippen LogP contribution in [0.1, 0.15) is 24.1 Å². The molecule has 0 aliphatic heterocycles. The summed E-state index contributed by atoms with van der Waals surface area (Å²) in [7, 11) is 0. The molecule has 2 aromatic rings. The van der Waals surface area contributed by atoms with Crippen molar-refractivity contribution in [3.63, 3.8) is 0 Å². The molecule has 0 fully saturated rings. The van der Waals surface area contributed by atoms with Crippen LogP contribution in [0.25, 0.3) is 11.5 Å². The fourth-order valence-electron chi connectivity index (χ4n) is 1.31. The molecule has 0 saturated carbocycles. The van der Waals surface area contributed by atoms with Crippen LogP contribution in [0.5, 0.6) is 0 Å². The molecule has 17 heavy (non-hydrogen) atoms. The van der Waals surface area contributed by atoms with Crippen LogP contribution in [0.3, 0.4) is 0 Å². The lowest BCUT2D eigenvalue weighted by molar-refractivity contribution is 0.500. The van der Waals surface area contributed by atoms with E-state index >= 15 is 0 Å². The summed E-state index contributed by atoms with van der Waals surface area (Å²) in [6, 6.07) is 5.30. The minimum absolute atomic E-state index is 0.0571. The smallest absolute Gasteiger partial charge is 0.249 e. The second-order valence-electron chi connectivity index (χ2n) is 3.42. The highest BCUT2D eigenvalue weighted by Crippen LogP contribution is 2.34. The van der Waals surface area contributed by atoms with Crippen LogP contribution < -0.4 is 0 Å². The SMILES string of the molecule is CCC(Br)c1nnc(-c2cccc(Cl)c2Cl)o1. The van der Waals surface area contributed by atoms with Gasteiger partial charge in [0.25, 0.3) is 0 Å². The largest absolute Gasteiger partial charge is 0.419 e. The molecule has 0 spiro atoms. The quantitative estimate of drug-likeness (QED) is 0.749. The Morgan fingerprint density at radius 1 is 1.35 bits per heavy atom. The second kappa shape index (κ2) is 5.38. The summed E-state index contributed by atoms with van der Waals surface area (Å²) in [6.45, 7) is 2.02. The summed E-state index contributed by atoms with van der Waals surface area (Å²) < 4.78 is 5.55. The van der Waals surface area contributed by atoms with Crippen molar-refractivity contribution in [3.05, 3.63) is 34.1 Å². The molecule has 0 radical (unpaired) electrons. The number of nitrogens with zero attached hydrogens (tertiary/aromatic N) is 2. The van der Waals surface area contributed by atoms with Crippen LogP contribution in [0.4, 0.5) is 0 Å². The zero-order valence-electron chi connectivity index (χ0n) is 8.95. The lowest BCUT2D eigenvalue weighted by Gasteiger charge is -2.01. The molecule has 6 heteroatoms. The van der Waals surface area contributed by atoms with Crippen molar-refractivity contribution in [3.8, 4) is 11.5 Å². The number of aromatic nitrogens is 2. The van der Waals surface area contributed by atoms with Gasteiger partial charge in [0.2, 0.25) is 11.8 Å². The van der Waals surface area contributed by atoms with Crippen molar-refractivity contribution in [2.75, 3.05) is 0 Å². The summed E-state index contributed by atoms with van der Waals surface area (Å²) in [6.07, 6.45) is 0.866. The van der Waals surface area contributed by atoms with E-state index in [2.05, 4.69) is 26.1 Å². The van der Waals surface area contributed by atoms with Crippen molar-refractivity contribution in [1.82, 2.24) is 10.2 Å². The first-order chi connectivity index (χ1) is 8.13. The van der Waals surface area contributed by atoms with Gasteiger partial charge in [-0.25, -0.2) is 0 Å². The Hall–Kier alpha value is -0.580. The minimum Gasteiger partial charge on any atom is -0.419 e. The van der Waals surface area contributed by atoms with Gasteiger partial charge in [-0.2, -0.15) is 0 Å². The summed E-state index contributed by atoms with van der Waals surface area (Å²) >= 11 is 15.5. The number of rotatable bonds is 3. The van der Waals surface area contributed by atoms with Gasteiger partial charge in [-0.1, -0.05) is 52.1 Å². The fourth-order valence-corrected chi connectivity index (χ4v) is 1.88. The Kier molecular flexibility index (Phi) is 4.07. The number of halogens is 3. The monoisotopic (exact) mass is 334 g/mol. The first-order valence-electron chi connectivity index (χ1n) is 5.05. The van der Waals surface area contributed by atoms with Gasteiger partial charge in [-0.15, -0.1) is 10.2 Å². The maximum absolute atomic E-state index is 6.08. The highest BCUT2D eigenvalue weighted by atomic mass is 79.9. The molecule has 0 amide bonds. The molecule has 90 valence electrons. The standard InChI is InChI=1S/C11H9BrCl2N2O/c1-2-7(12)11-16-15-10(17-11)6-4-3-5-8(13)9(6)14/h3-5,7H,2H2,1H3. The first kappa shape index (κ1) is 12.9. The lowest BCUT2D eigenvalue weighted by atomic mass is 10.2. The molecule has 3 nitrogen and oxygen atoms in total. The molecule has 1 aromatic carbocycles. The van der Waals surface area contributed by atoms with E-state index in [0.29, 0.717) is 27.4 Å². The topological polar surface area (TPSA) is 38.9 Å². The molecule has 1 atom stereocenters. The third-order valence-corrected chi connectivity index (χ3v) is 4.11. The molecule has 0 N–H and O–H groups in total. The maximum atomic E-state index is 6.08. The van der Waals surface area contributed by atoms with Gasteiger partial charge in [0.05, 0.1) is 20.4 Å². The normalized spacial score (nSPS) is 12.7. The molecule has 0 saturated heterocycles. The van der Waals surface area contributed by atoms with Gasteiger partial charge >= 0.3 is 0 Å². The van der Waals surface area contributed by atoms with Crippen molar-refractivity contribution in [1.29, 1.82) is 0 Å². The van der Waals surface area contributed by atoms with Gasteiger partial charge in [-0.3, -0.25) is 0 Å². The molecule has 2 rings (SSSR count). The third kappa shape index (κ3) is 2.64. The average Bonchev–Trinajstić information content (AvgIpc) is 2.81. The van der Waals surface area contributed by atoms with Crippen LogP contribution in [0, 0.1) is 0 Å². The Balaban J connectivity index is 2.40. The maximum Gasteiger partial charge on any atom is 0.249 e. The molecular formula is C11H9BrCl2N2O. The van der Waals surface area contributed by atoms with Crippen LogP contribution in [-0.4, -0.2) is 10.2 Å². The van der Waals surface area contributed by atoms with Crippen molar-refractivity contribution in [2.45, 2.75) is 18.2 Å². The molecule has 0 bridgehead atoms. The predicted octanol–water partition coefficient (Wildman–Crippen LogP) is 4.89. The van der Waals surface area contributed by atoms with E-state index in [1.807, 2.05) is 6.92 Å². The van der Waals surface area contributed by atoms with Crippen LogP contribution in [-0.2, 0) is 0 Å². The highest BCUT2D eigenvalue weighted by Gasteiger charge is 2.17. The second-order valence-corrected chi connectivity index (χ2v) is 5.31. The van der Waals surface area contributed by atoms with Crippen LogP contribution in [0.2, 0.25) is 10.0 Å². The zero-order chi connectivity index (χ0) is 12.4. The van der Waals surface area contributed by atoms with Crippen molar-refractivity contribution in [2.24, 2.45) is 0 Å². The Bertz CT molecular complexity index is 530. The van der Waals surface area contributed by atoms with Gasteiger partial charge in [0, 0.05) is 0 Å². The van der Waals surface area contributed by atoms with Crippen LogP contribution in [0.15, 0.2) is 22.6 Å². The van der Waals surface area contributed by atoms with E-state index in [1.54, 1.807) is 18.2 Å². The minimum atomic E-state index is 0.0571. The molecule has 1 heterocycles. The molecule has 0 aliphatic carbocycles. The van der Waals surface area contributed by atoms with Crippen molar-refractivity contribution < 1.29 is 4.42 Å². The van der Waals surface area contributed by atoms with E-state index in [4.69, 9.17) is 27.6 Å². The Labute approximate surface area is 117 Å².